The van der Waals surface area contributed by atoms with E-state index in [9.17, 15) is 13.6 Å². The minimum atomic E-state index is -2.57. The van der Waals surface area contributed by atoms with Crippen molar-refractivity contribution in [2.75, 3.05) is 0 Å². The Balaban J connectivity index is 1.56. The zero-order valence-corrected chi connectivity index (χ0v) is 13.8. The van der Waals surface area contributed by atoms with Gasteiger partial charge in [-0.25, -0.2) is 13.6 Å². The smallest absolute Gasteiger partial charge is 0.408 e. The van der Waals surface area contributed by atoms with E-state index in [1.165, 1.54) is 0 Å². The number of cyclic esters (lactones) is 1. The van der Waals surface area contributed by atoms with E-state index in [2.05, 4.69) is 22.1 Å². The third-order valence-electron chi connectivity index (χ3n) is 4.55. The molecule has 1 aliphatic heterocycles. The third-order valence-corrected chi connectivity index (χ3v) is 4.55. The number of hydrogen-bond acceptors (Lipinski definition) is 3. The predicted octanol–water partition coefficient (Wildman–Crippen LogP) is 4.00. The molecule has 4 nitrogen and oxygen atoms in total. The first kappa shape index (κ1) is 16.5. The van der Waals surface area contributed by atoms with Crippen molar-refractivity contribution >= 4 is 6.09 Å². The van der Waals surface area contributed by atoms with E-state index in [-0.39, 0.29) is 18.8 Å². The molecule has 1 amide bonds. The molecule has 0 radical (unpaired) electrons. The molecule has 2 fully saturated rings. The van der Waals surface area contributed by atoms with Gasteiger partial charge in [-0.1, -0.05) is 42.2 Å². The molecule has 1 aromatic carbocycles. The predicted molar refractivity (Wildman–Crippen MR) is 90.3 cm³/mol. The minimum Gasteiger partial charge on any atom is -0.439 e. The Morgan fingerprint density at radius 1 is 1.19 bits per heavy atom. The molecule has 2 atom stereocenters. The number of carbonyl (C=O) groups excluding carboxylic acids is 1. The highest BCUT2D eigenvalue weighted by atomic mass is 19.3. The molecule has 132 valence electrons. The lowest BCUT2D eigenvalue weighted by Crippen LogP contribution is -2.34. The normalized spacial score (nSPS) is 24.0. The summed E-state index contributed by atoms with van der Waals surface area (Å²) in [6.45, 7) is 0. The number of alkyl halides is 2. The van der Waals surface area contributed by atoms with Crippen LogP contribution < -0.4 is 5.32 Å². The first-order valence-corrected chi connectivity index (χ1v) is 8.38. The second-order valence-corrected chi connectivity index (χ2v) is 6.56. The van der Waals surface area contributed by atoms with E-state index in [1.54, 1.807) is 18.3 Å². The van der Waals surface area contributed by atoms with Crippen molar-refractivity contribution in [1.82, 2.24) is 10.3 Å². The number of amides is 1. The van der Waals surface area contributed by atoms with Crippen molar-refractivity contribution in [2.24, 2.45) is 5.92 Å². The van der Waals surface area contributed by atoms with E-state index in [0.29, 0.717) is 11.3 Å². The van der Waals surface area contributed by atoms with Crippen LogP contribution in [0, 0.1) is 17.8 Å². The van der Waals surface area contributed by atoms with Crippen molar-refractivity contribution < 1.29 is 18.3 Å². The highest BCUT2D eigenvalue weighted by molar-refractivity contribution is 5.71. The van der Waals surface area contributed by atoms with Crippen molar-refractivity contribution in [2.45, 2.75) is 30.9 Å². The lowest BCUT2D eigenvalue weighted by molar-refractivity contribution is -0.0936. The van der Waals surface area contributed by atoms with Gasteiger partial charge in [-0.05, 0) is 17.7 Å². The molecule has 1 saturated carbocycles. The number of nitrogens with one attached hydrogen (secondary N) is 1. The number of nitrogens with zero attached hydrogens (tertiary/aromatic N) is 1. The van der Waals surface area contributed by atoms with Crippen molar-refractivity contribution in [3.63, 3.8) is 0 Å². The number of carbonyl (C=O) groups is 1. The zero-order valence-electron chi connectivity index (χ0n) is 13.8. The van der Waals surface area contributed by atoms with Crippen LogP contribution in [0.5, 0.6) is 0 Å². The van der Waals surface area contributed by atoms with Gasteiger partial charge in [0.1, 0.15) is 6.04 Å². The van der Waals surface area contributed by atoms with Gasteiger partial charge >= 0.3 is 6.09 Å². The van der Waals surface area contributed by atoms with Gasteiger partial charge in [-0.2, -0.15) is 0 Å². The van der Waals surface area contributed by atoms with Crippen molar-refractivity contribution in [3.05, 3.63) is 65.5 Å². The number of aromatic nitrogens is 1. The summed E-state index contributed by atoms with van der Waals surface area (Å²) >= 11 is 0. The molecule has 2 heterocycles. The summed E-state index contributed by atoms with van der Waals surface area (Å²) in [5.41, 5.74) is 2.17. The molecule has 0 spiro atoms. The molecule has 1 aliphatic carbocycles. The summed E-state index contributed by atoms with van der Waals surface area (Å²) in [7, 11) is 0. The first-order valence-electron chi connectivity index (χ1n) is 8.38. The maximum atomic E-state index is 12.9. The second kappa shape index (κ2) is 6.41. The molecular formula is C20H16F2N2O2. The maximum absolute atomic E-state index is 12.9. The Labute approximate surface area is 149 Å². The Hall–Kier alpha value is -2.94. The number of ether oxygens (including phenoxy) is 1. The monoisotopic (exact) mass is 354 g/mol. The number of pyridine rings is 1. The SMILES string of the molecule is O=C1NC(c2cc(C#CC3CC(F)(F)C3)ccn2)C(c2ccccc2)O1. The summed E-state index contributed by atoms with van der Waals surface area (Å²) in [5, 5.41) is 2.77. The summed E-state index contributed by atoms with van der Waals surface area (Å²) in [5.74, 6) is 2.98. The lowest BCUT2D eigenvalue weighted by Gasteiger charge is -2.31. The first-order chi connectivity index (χ1) is 12.5. The fourth-order valence-corrected chi connectivity index (χ4v) is 3.20. The van der Waals surface area contributed by atoms with Gasteiger partial charge in [0.15, 0.2) is 6.10 Å². The molecule has 1 N–H and O–H groups in total. The highest BCUT2D eigenvalue weighted by Gasteiger charge is 2.44. The molecule has 1 saturated heterocycles. The summed E-state index contributed by atoms with van der Waals surface area (Å²) in [6, 6.07) is 12.5. The summed E-state index contributed by atoms with van der Waals surface area (Å²) in [6.07, 6.45) is 0.256. The van der Waals surface area contributed by atoms with Gasteiger partial charge in [0.05, 0.1) is 5.69 Å². The zero-order chi connectivity index (χ0) is 18.1. The van der Waals surface area contributed by atoms with E-state index >= 15 is 0 Å². The Bertz CT molecular complexity index is 881. The highest BCUT2D eigenvalue weighted by Crippen LogP contribution is 2.42. The number of alkyl carbamates (subject to hydrolysis) is 1. The van der Waals surface area contributed by atoms with Gasteiger partial charge < -0.3 is 10.1 Å². The Kier molecular flexibility index (Phi) is 4.08. The average Bonchev–Trinajstić information content (AvgIpc) is 3.01. The van der Waals surface area contributed by atoms with Crippen LogP contribution in [0.1, 0.15) is 41.8 Å². The van der Waals surface area contributed by atoms with Crippen LogP contribution in [0.4, 0.5) is 13.6 Å². The van der Waals surface area contributed by atoms with Gasteiger partial charge in [-0.3, -0.25) is 4.98 Å². The van der Waals surface area contributed by atoms with E-state index in [4.69, 9.17) is 4.74 Å². The number of rotatable bonds is 2. The van der Waals surface area contributed by atoms with Gasteiger partial charge in [0.25, 0.3) is 5.92 Å². The topological polar surface area (TPSA) is 51.2 Å². The standard InChI is InChI=1S/C20H16F2N2O2/c21-20(22)11-14(12-20)7-6-13-8-9-23-16(10-13)17-18(26-19(25)24-17)15-4-2-1-3-5-15/h1-5,8-10,14,17-18H,11-12H2,(H,24,25). The second-order valence-electron chi connectivity index (χ2n) is 6.56. The number of halogens is 2. The van der Waals surface area contributed by atoms with Crippen LogP contribution in [0.2, 0.25) is 0 Å². The van der Waals surface area contributed by atoms with E-state index in [1.807, 2.05) is 30.3 Å². The van der Waals surface area contributed by atoms with Crippen LogP contribution in [0.25, 0.3) is 0 Å². The van der Waals surface area contributed by atoms with Crippen LogP contribution in [-0.2, 0) is 4.74 Å². The van der Waals surface area contributed by atoms with Gasteiger partial charge in [0, 0.05) is 30.5 Å². The van der Waals surface area contributed by atoms with Crippen LogP contribution in [0.15, 0.2) is 48.7 Å². The summed E-state index contributed by atoms with van der Waals surface area (Å²) < 4.78 is 31.2. The third kappa shape index (κ3) is 3.38. The minimum absolute atomic E-state index is 0.180. The molecule has 6 heteroatoms. The van der Waals surface area contributed by atoms with E-state index < -0.39 is 24.2 Å². The maximum Gasteiger partial charge on any atom is 0.408 e. The lowest BCUT2D eigenvalue weighted by atomic mass is 9.82. The molecule has 2 unspecified atom stereocenters. The van der Waals surface area contributed by atoms with Crippen molar-refractivity contribution in [3.8, 4) is 11.8 Å². The largest absolute Gasteiger partial charge is 0.439 e. The molecule has 2 aliphatic rings. The number of benzene rings is 1. The molecule has 4 rings (SSSR count). The number of hydrogen-bond donors (Lipinski definition) is 1. The van der Waals surface area contributed by atoms with Crippen molar-refractivity contribution in [1.29, 1.82) is 0 Å². The van der Waals surface area contributed by atoms with E-state index in [0.717, 1.165) is 5.56 Å². The van der Waals surface area contributed by atoms with Crippen LogP contribution >= 0.6 is 0 Å². The van der Waals surface area contributed by atoms with Crippen LogP contribution in [0.3, 0.4) is 0 Å². The fraction of sp³-hybridized carbons (Fsp3) is 0.300. The Morgan fingerprint density at radius 3 is 2.69 bits per heavy atom. The molecule has 2 aromatic rings. The van der Waals surface area contributed by atoms with Gasteiger partial charge in [-0.15, -0.1) is 0 Å². The molecule has 0 bridgehead atoms. The fourth-order valence-electron chi connectivity index (χ4n) is 3.20. The van der Waals surface area contributed by atoms with Crippen LogP contribution in [-0.4, -0.2) is 17.0 Å². The van der Waals surface area contributed by atoms with Gasteiger partial charge in [0.2, 0.25) is 0 Å². The molecule has 26 heavy (non-hydrogen) atoms. The Morgan fingerprint density at radius 2 is 1.96 bits per heavy atom. The molecule has 1 aromatic heterocycles. The average molecular weight is 354 g/mol. The molecular weight excluding hydrogens is 338 g/mol. The quantitative estimate of drug-likeness (QED) is 0.830. The summed E-state index contributed by atoms with van der Waals surface area (Å²) in [4.78, 5) is 16.1.